The molecule has 0 radical (unpaired) electrons. The highest BCUT2D eigenvalue weighted by Gasteiger charge is 2.34. The van der Waals surface area contributed by atoms with E-state index in [2.05, 4.69) is 88.7 Å². The minimum Gasteiger partial charge on any atom is -0.429 e. The van der Waals surface area contributed by atoms with Crippen molar-refractivity contribution in [2.24, 2.45) is 0 Å². The van der Waals surface area contributed by atoms with Crippen LogP contribution in [0.4, 0.5) is 5.69 Å². The largest absolute Gasteiger partial charge is 0.429 e. The van der Waals surface area contributed by atoms with E-state index >= 15 is 0 Å². The third-order valence-electron chi connectivity index (χ3n) is 4.51. The van der Waals surface area contributed by atoms with Crippen molar-refractivity contribution < 1.29 is 9.31 Å². The fourth-order valence-corrected chi connectivity index (χ4v) is 3.00. The summed E-state index contributed by atoms with van der Waals surface area (Å²) in [6.45, 7) is 14.1. The summed E-state index contributed by atoms with van der Waals surface area (Å²) in [7, 11) is 0. The van der Waals surface area contributed by atoms with Crippen molar-refractivity contribution >= 4 is 11.9 Å². The molecule has 0 aromatic heterocycles. The minimum atomic E-state index is 0.0497. The van der Waals surface area contributed by atoms with Crippen LogP contribution in [0, 0.1) is 0 Å². The molecule has 2 nitrogen and oxygen atoms in total. The van der Waals surface area contributed by atoms with Gasteiger partial charge in [-0.1, -0.05) is 65.8 Å². The van der Waals surface area contributed by atoms with Crippen molar-refractivity contribution in [2.45, 2.75) is 52.4 Å². The van der Waals surface area contributed by atoms with E-state index < -0.39 is 0 Å². The highest BCUT2D eigenvalue weighted by Crippen LogP contribution is 2.44. The van der Waals surface area contributed by atoms with E-state index in [1.54, 1.807) is 0 Å². The third-order valence-corrected chi connectivity index (χ3v) is 4.51. The first-order valence-electron chi connectivity index (χ1n) is 8.64. The number of hydrogen-bond donors (Lipinski definition) is 0. The smallest absolute Gasteiger partial charge is 0.293 e. The fraction of sp³-hybridized carbons (Fsp3) is 0.409. The second kappa shape index (κ2) is 5.77. The maximum Gasteiger partial charge on any atom is 0.293 e. The molecule has 0 fully saturated rings. The number of hydrogen-bond acceptors (Lipinski definition) is 1. The Hall–Kier alpha value is -2.09. The lowest BCUT2D eigenvalue weighted by atomic mass is 9.80. The Morgan fingerprint density at radius 1 is 0.917 bits per heavy atom. The quantitative estimate of drug-likeness (QED) is 0.641. The van der Waals surface area contributed by atoms with Crippen LogP contribution in [0.1, 0.15) is 58.2 Å². The van der Waals surface area contributed by atoms with Gasteiger partial charge in [-0.15, -0.1) is 0 Å². The third kappa shape index (κ3) is 3.24. The highest BCUT2D eigenvalue weighted by molar-refractivity contribution is 5.77. The zero-order valence-corrected chi connectivity index (χ0v) is 15.7. The molecule has 1 aliphatic heterocycles. The van der Waals surface area contributed by atoms with Gasteiger partial charge in [-0.3, -0.25) is 0 Å². The van der Waals surface area contributed by atoms with Crippen LogP contribution >= 0.6 is 0 Å². The first-order chi connectivity index (χ1) is 11.2. The summed E-state index contributed by atoms with van der Waals surface area (Å²) in [4.78, 5) is 0. The van der Waals surface area contributed by atoms with Crippen molar-refractivity contribution in [3.05, 3.63) is 59.2 Å². The van der Waals surface area contributed by atoms with Gasteiger partial charge in [-0.25, -0.2) is 0 Å². The van der Waals surface area contributed by atoms with Gasteiger partial charge in [0.1, 0.15) is 0 Å². The van der Waals surface area contributed by atoms with Gasteiger partial charge in [0.15, 0.2) is 6.21 Å². The van der Waals surface area contributed by atoms with E-state index in [0.29, 0.717) is 6.73 Å². The van der Waals surface area contributed by atoms with Crippen molar-refractivity contribution in [1.82, 2.24) is 0 Å². The van der Waals surface area contributed by atoms with E-state index in [0.717, 1.165) is 5.75 Å². The monoisotopic (exact) mass is 322 g/mol. The van der Waals surface area contributed by atoms with Gasteiger partial charge in [0.05, 0.1) is 0 Å². The molecule has 0 bridgehead atoms. The molecule has 0 saturated carbocycles. The zero-order chi connectivity index (χ0) is 17.5. The molecule has 0 N–H and O–H groups in total. The van der Waals surface area contributed by atoms with Gasteiger partial charge in [-0.05, 0) is 28.5 Å². The topological polar surface area (TPSA) is 12.2 Å². The summed E-state index contributed by atoms with van der Waals surface area (Å²) >= 11 is 0. The Morgan fingerprint density at radius 2 is 1.58 bits per heavy atom. The summed E-state index contributed by atoms with van der Waals surface area (Å²) in [5.41, 5.74) is 5.16. The SMILES string of the molecule is CC(C)(C)c1cc2c(c(C(C)(C)C)c1)OC/[N+]2=C/c1ccccc1. The Kier molecular flexibility index (Phi) is 4.03. The molecule has 0 amide bonds. The Morgan fingerprint density at radius 3 is 2.17 bits per heavy atom. The summed E-state index contributed by atoms with van der Waals surface area (Å²) < 4.78 is 8.32. The van der Waals surface area contributed by atoms with Crippen LogP contribution in [0.3, 0.4) is 0 Å². The predicted molar refractivity (Wildman–Crippen MR) is 101 cm³/mol. The maximum absolute atomic E-state index is 6.10. The number of nitrogens with zero attached hydrogens (tertiary/aromatic N) is 1. The molecule has 126 valence electrons. The average Bonchev–Trinajstić information content (AvgIpc) is 2.88. The van der Waals surface area contributed by atoms with Gasteiger partial charge < -0.3 is 4.74 Å². The highest BCUT2D eigenvalue weighted by atomic mass is 16.5. The molecule has 1 heterocycles. The summed E-state index contributed by atoms with van der Waals surface area (Å²) in [6.07, 6.45) is 2.17. The molecule has 0 aliphatic carbocycles. The van der Waals surface area contributed by atoms with E-state index in [1.165, 1.54) is 22.4 Å². The lowest BCUT2D eigenvalue weighted by molar-refractivity contribution is -0.452. The van der Waals surface area contributed by atoms with Gasteiger partial charge in [0, 0.05) is 17.2 Å². The van der Waals surface area contributed by atoms with Gasteiger partial charge in [-0.2, -0.15) is 4.58 Å². The Bertz CT molecular complexity index is 774. The van der Waals surface area contributed by atoms with E-state index in [1.807, 2.05) is 6.07 Å². The molecule has 0 atom stereocenters. The molecule has 0 unspecified atom stereocenters. The maximum atomic E-state index is 6.10. The van der Waals surface area contributed by atoms with Gasteiger partial charge in [0.2, 0.25) is 5.75 Å². The van der Waals surface area contributed by atoms with Crippen LogP contribution in [-0.4, -0.2) is 17.5 Å². The first kappa shape index (κ1) is 16.8. The summed E-state index contributed by atoms with van der Waals surface area (Å²) in [6, 6.07) is 15.0. The number of benzene rings is 2. The number of fused-ring (bicyclic) bond motifs is 1. The van der Waals surface area contributed by atoms with Crippen molar-refractivity contribution in [1.29, 1.82) is 0 Å². The number of ether oxygens (including phenoxy) is 1. The van der Waals surface area contributed by atoms with Crippen molar-refractivity contribution in [3.8, 4) is 5.75 Å². The molecule has 3 rings (SSSR count). The van der Waals surface area contributed by atoms with Crippen LogP contribution in [0.5, 0.6) is 5.75 Å². The number of rotatable bonds is 1. The van der Waals surface area contributed by atoms with Crippen LogP contribution in [0.25, 0.3) is 0 Å². The standard InChI is InChI=1S/C22H28NO/c1-21(2,3)17-12-18(22(4,5)6)20-19(13-17)23(15-24-20)14-16-10-8-7-9-11-16/h7-14H,15H2,1-6H3/q+1/b23-14-. The average molecular weight is 322 g/mol. The van der Waals surface area contributed by atoms with Crippen LogP contribution in [-0.2, 0) is 10.8 Å². The minimum absolute atomic E-state index is 0.0497. The van der Waals surface area contributed by atoms with Crippen molar-refractivity contribution in [3.63, 3.8) is 0 Å². The van der Waals surface area contributed by atoms with Gasteiger partial charge >= 0.3 is 0 Å². The molecule has 1 aliphatic rings. The van der Waals surface area contributed by atoms with Gasteiger partial charge in [0.25, 0.3) is 12.4 Å². The van der Waals surface area contributed by atoms with Crippen LogP contribution < -0.4 is 4.74 Å². The zero-order valence-electron chi connectivity index (χ0n) is 15.7. The van der Waals surface area contributed by atoms with Crippen LogP contribution in [0.2, 0.25) is 0 Å². The van der Waals surface area contributed by atoms with E-state index in [4.69, 9.17) is 4.74 Å². The Balaban J connectivity index is 2.18. The predicted octanol–water partition coefficient (Wildman–Crippen LogP) is 5.39. The molecular formula is C22H28NO+. The lowest BCUT2D eigenvalue weighted by Crippen LogP contribution is -2.17. The molecule has 24 heavy (non-hydrogen) atoms. The van der Waals surface area contributed by atoms with Crippen molar-refractivity contribution in [2.75, 3.05) is 6.73 Å². The molecule has 2 aromatic carbocycles. The summed E-state index contributed by atoms with van der Waals surface area (Å²) in [5.74, 6) is 1.03. The Labute approximate surface area is 145 Å². The lowest BCUT2D eigenvalue weighted by Gasteiger charge is -2.25. The second-order valence-corrected chi connectivity index (χ2v) is 8.66. The van der Waals surface area contributed by atoms with E-state index in [9.17, 15) is 0 Å². The molecule has 0 saturated heterocycles. The molecular weight excluding hydrogens is 294 g/mol. The fourth-order valence-electron chi connectivity index (χ4n) is 3.00. The summed E-state index contributed by atoms with van der Waals surface area (Å²) in [5, 5.41) is 0. The second-order valence-electron chi connectivity index (χ2n) is 8.66. The first-order valence-corrected chi connectivity index (χ1v) is 8.64. The molecule has 2 heteroatoms. The normalized spacial score (nSPS) is 16.2. The van der Waals surface area contributed by atoms with E-state index in [-0.39, 0.29) is 10.8 Å². The van der Waals surface area contributed by atoms with Crippen LogP contribution in [0.15, 0.2) is 42.5 Å². The molecule has 2 aromatic rings. The molecule has 0 spiro atoms.